The summed E-state index contributed by atoms with van der Waals surface area (Å²) in [6.07, 6.45) is 10.3. The lowest BCUT2D eigenvalue weighted by Crippen LogP contribution is -2.22. The molecule has 21 heavy (non-hydrogen) atoms. The molecule has 5 heteroatoms. The molecule has 0 radical (unpaired) electrons. The summed E-state index contributed by atoms with van der Waals surface area (Å²) in [6.45, 7) is 0. The van der Waals surface area contributed by atoms with Crippen molar-refractivity contribution >= 4 is 16.6 Å². The average molecular weight is 280 g/mol. The van der Waals surface area contributed by atoms with Gasteiger partial charge in [0.1, 0.15) is 17.7 Å². The SMILES string of the molecule is N[C@H]1CCC=C(c2ncnc3[nH]cc(-c4ccco4)c23)C1. The van der Waals surface area contributed by atoms with E-state index in [9.17, 15) is 0 Å². The highest BCUT2D eigenvalue weighted by atomic mass is 16.3. The second-order valence-electron chi connectivity index (χ2n) is 5.40. The number of hydrogen-bond donors (Lipinski definition) is 2. The van der Waals surface area contributed by atoms with Crippen LogP contribution < -0.4 is 5.73 Å². The van der Waals surface area contributed by atoms with Crippen molar-refractivity contribution in [2.24, 2.45) is 5.73 Å². The van der Waals surface area contributed by atoms with Crippen LogP contribution in [0.1, 0.15) is 25.0 Å². The van der Waals surface area contributed by atoms with Crippen molar-refractivity contribution in [1.82, 2.24) is 15.0 Å². The van der Waals surface area contributed by atoms with Crippen LogP contribution in [-0.2, 0) is 0 Å². The molecule has 0 saturated heterocycles. The number of furan rings is 1. The van der Waals surface area contributed by atoms with E-state index in [1.807, 2.05) is 18.3 Å². The van der Waals surface area contributed by atoms with E-state index in [0.717, 1.165) is 47.3 Å². The number of aromatic nitrogens is 3. The number of nitrogens with two attached hydrogens (primary N) is 1. The second kappa shape index (κ2) is 4.86. The van der Waals surface area contributed by atoms with E-state index < -0.39 is 0 Å². The average Bonchev–Trinajstić information content (AvgIpc) is 3.15. The van der Waals surface area contributed by atoms with Crippen molar-refractivity contribution in [2.75, 3.05) is 0 Å². The summed E-state index contributed by atoms with van der Waals surface area (Å²) in [5, 5.41) is 1.01. The van der Waals surface area contributed by atoms with Crippen molar-refractivity contribution in [3.63, 3.8) is 0 Å². The molecule has 3 heterocycles. The number of rotatable bonds is 2. The first-order valence-electron chi connectivity index (χ1n) is 7.14. The Morgan fingerprint density at radius 2 is 2.29 bits per heavy atom. The number of allylic oxidation sites excluding steroid dienone is 1. The van der Waals surface area contributed by atoms with Crippen molar-refractivity contribution in [3.05, 3.63) is 42.7 Å². The van der Waals surface area contributed by atoms with Crippen LogP contribution in [0, 0.1) is 0 Å². The number of hydrogen-bond acceptors (Lipinski definition) is 4. The molecule has 0 unspecified atom stereocenters. The highest BCUT2D eigenvalue weighted by molar-refractivity contribution is 5.99. The molecule has 0 spiro atoms. The zero-order chi connectivity index (χ0) is 14.2. The summed E-state index contributed by atoms with van der Waals surface area (Å²) in [7, 11) is 0. The van der Waals surface area contributed by atoms with Crippen LogP contribution in [0.5, 0.6) is 0 Å². The molecule has 0 bridgehead atoms. The Morgan fingerprint density at radius 1 is 1.33 bits per heavy atom. The van der Waals surface area contributed by atoms with E-state index in [0.29, 0.717) is 0 Å². The van der Waals surface area contributed by atoms with E-state index >= 15 is 0 Å². The highest BCUT2D eigenvalue weighted by Crippen LogP contribution is 2.35. The van der Waals surface area contributed by atoms with Gasteiger partial charge in [-0.25, -0.2) is 9.97 Å². The minimum Gasteiger partial charge on any atom is -0.464 e. The molecule has 106 valence electrons. The number of nitrogens with one attached hydrogen (secondary N) is 1. The van der Waals surface area contributed by atoms with Gasteiger partial charge in [-0.15, -0.1) is 0 Å². The quantitative estimate of drug-likeness (QED) is 0.755. The molecule has 1 aliphatic carbocycles. The van der Waals surface area contributed by atoms with Gasteiger partial charge < -0.3 is 15.1 Å². The van der Waals surface area contributed by atoms with Crippen LogP contribution in [-0.4, -0.2) is 21.0 Å². The monoisotopic (exact) mass is 280 g/mol. The van der Waals surface area contributed by atoms with Gasteiger partial charge in [0.2, 0.25) is 0 Å². The molecule has 1 atom stereocenters. The van der Waals surface area contributed by atoms with Gasteiger partial charge in [-0.3, -0.25) is 0 Å². The molecule has 3 aromatic heterocycles. The van der Waals surface area contributed by atoms with E-state index in [-0.39, 0.29) is 6.04 Å². The van der Waals surface area contributed by atoms with Gasteiger partial charge in [-0.1, -0.05) is 6.08 Å². The van der Waals surface area contributed by atoms with E-state index in [2.05, 4.69) is 21.0 Å². The molecular weight excluding hydrogens is 264 g/mol. The van der Waals surface area contributed by atoms with Gasteiger partial charge in [-0.2, -0.15) is 0 Å². The Hall–Kier alpha value is -2.40. The summed E-state index contributed by atoms with van der Waals surface area (Å²) >= 11 is 0. The fourth-order valence-electron chi connectivity index (χ4n) is 2.97. The summed E-state index contributed by atoms with van der Waals surface area (Å²) in [6, 6.07) is 4.04. The first-order valence-corrected chi connectivity index (χ1v) is 7.14. The Balaban J connectivity index is 1.93. The van der Waals surface area contributed by atoms with Gasteiger partial charge in [0.25, 0.3) is 0 Å². The summed E-state index contributed by atoms with van der Waals surface area (Å²) in [5.74, 6) is 0.818. The highest BCUT2D eigenvalue weighted by Gasteiger charge is 2.20. The van der Waals surface area contributed by atoms with E-state index in [1.54, 1.807) is 12.6 Å². The molecule has 0 saturated carbocycles. The molecule has 5 nitrogen and oxygen atoms in total. The zero-order valence-corrected chi connectivity index (χ0v) is 11.5. The van der Waals surface area contributed by atoms with Crippen molar-refractivity contribution in [1.29, 1.82) is 0 Å². The van der Waals surface area contributed by atoms with Crippen molar-refractivity contribution in [3.8, 4) is 11.3 Å². The third-order valence-electron chi connectivity index (χ3n) is 3.97. The molecule has 4 rings (SSSR count). The Bertz CT molecular complexity index is 801. The predicted molar refractivity (Wildman–Crippen MR) is 81.4 cm³/mol. The molecule has 3 N–H and O–H groups in total. The molecule has 3 aromatic rings. The number of H-pyrrole nitrogens is 1. The number of fused-ring (bicyclic) bond motifs is 1. The molecule has 0 fully saturated rings. The van der Waals surface area contributed by atoms with Crippen molar-refractivity contribution in [2.45, 2.75) is 25.3 Å². The molecule has 1 aliphatic rings. The predicted octanol–water partition coefficient (Wildman–Crippen LogP) is 3.11. The van der Waals surface area contributed by atoms with Crippen LogP contribution in [0.4, 0.5) is 0 Å². The maximum atomic E-state index is 6.10. The summed E-state index contributed by atoms with van der Waals surface area (Å²) in [4.78, 5) is 12.0. The minimum atomic E-state index is 0.209. The van der Waals surface area contributed by atoms with Crippen LogP contribution in [0.25, 0.3) is 27.9 Å². The molecular formula is C16H16N4O. The Labute approximate surface area is 121 Å². The largest absolute Gasteiger partial charge is 0.464 e. The van der Waals surface area contributed by atoms with Gasteiger partial charge in [-0.05, 0) is 37.0 Å². The maximum Gasteiger partial charge on any atom is 0.142 e. The second-order valence-corrected chi connectivity index (χ2v) is 5.40. The fraction of sp³-hybridized carbons (Fsp3) is 0.250. The van der Waals surface area contributed by atoms with E-state index in [1.165, 1.54) is 5.57 Å². The van der Waals surface area contributed by atoms with Gasteiger partial charge in [0.05, 0.1) is 17.3 Å². The van der Waals surface area contributed by atoms with Gasteiger partial charge in [0, 0.05) is 17.8 Å². The normalized spacial score (nSPS) is 18.9. The van der Waals surface area contributed by atoms with Crippen LogP contribution in [0.3, 0.4) is 0 Å². The summed E-state index contributed by atoms with van der Waals surface area (Å²) in [5.41, 5.74) is 10.1. The number of nitrogens with zero attached hydrogens (tertiary/aromatic N) is 2. The van der Waals surface area contributed by atoms with E-state index in [4.69, 9.17) is 10.2 Å². The topological polar surface area (TPSA) is 80.7 Å². The summed E-state index contributed by atoms with van der Waals surface area (Å²) < 4.78 is 5.53. The maximum absolute atomic E-state index is 6.10. The third kappa shape index (κ3) is 2.06. The zero-order valence-electron chi connectivity index (χ0n) is 11.5. The molecule has 0 aromatic carbocycles. The third-order valence-corrected chi connectivity index (χ3v) is 3.97. The first-order chi connectivity index (χ1) is 10.3. The lowest BCUT2D eigenvalue weighted by Gasteiger charge is -2.19. The van der Waals surface area contributed by atoms with Crippen LogP contribution >= 0.6 is 0 Å². The Morgan fingerprint density at radius 3 is 3.10 bits per heavy atom. The van der Waals surface area contributed by atoms with Gasteiger partial charge >= 0.3 is 0 Å². The smallest absolute Gasteiger partial charge is 0.142 e. The molecule has 0 aliphatic heterocycles. The number of aromatic amines is 1. The van der Waals surface area contributed by atoms with Crippen LogP contribution in [0.2, 0.25) is 0 Å². The fourth-order valence-corrected chi connectivity index (χ4v) is 2.97. The van der Waals surface area contributed by atoms with Crippen LogP contribution in [0.15, 0.2) is 41.4 Å². The molecule has 0 amide bonds. The van der Waals surface area contributed by atoms with Gasteiger partial charge in [0.15, 0.2) is 0 Å². The first kappa shape index (κ1) is 12.3. The lowest BCUT2D eigenvalue weighted by atomic mass is 9.91. The van der Waals surface area contributed by atoms with Crippen molar-refractivity contribution < 1.29 is 4.42 Å². The lowest BCUT2D eigenvalue weighted by molar-refractivity contribution is 0.583. The Kier molecular flexibility index (Phi) is 2.86. The minimum absolute atomic E-state index is 0.209. The standard InChI is InChI=1S/C16H16N4O/c17-11-4-1-3-10(7-11)15-14-12(13-5-2-6-21-13)8-18-16(14)20-9-19-15/h2-3,5-6,8-9,11H,1,4,7,17H2,(H,18,19,20)/t11-/m0/s1.